The highest BCUT2D eigenvalue weighted by molar-refractivity contribution is 6.01. The molecule has 2 rings (SSSR count). The van der Waals surface area contributed by atoms with Crippen molar-refractivity contribution in [2.75, 3.05) is 38.7 Å². The summed E-state index contributed by atoms with van der Waals surface area (Å²) in [5.41, 5.74) is 0.565. The smallest absolute Gasteiger partial charge is 0.326 e. The normalized spacial score (nSPS) is 13.7. The summed E-state index contributed by atoms with van der Waals surface area (Å²) in [6, 6.07) is 6.45. The lowest BCUT2D eigenvalue weighted by atomic mass is 10.3. The van der Waals surface area contributed by atoms with Crippen molar-refractivity contribution < 1.29 is 28.7 Å². The second-order valence-corrected chi connectivity index (χ2v) is 5.95. The molecule has 1 aliphatic heterocycles. The van der Waals surface area contributed by atoms with E-state index in [4.69, 9.17) is 9.47 Å². The van der Waals surface area contributed by atoms with E-state index < -0.39 is 18.5 Å². The zero-order chi connectivity index (χ0) is 19.8. The summed E-state index contributed by atoms with van der Waals surface area (Å²) in [6.45, 7) is 2.22. The van der Waals surface area contributed by atoms with Crippen LogP contribution in [0.1, 0.15) is 19.8 Å². The number of hydrogen-bond acceptors (Lipinski definition) is 6. The topological polar surface area (TPSA) is 105 Å². The average molecular weight is 377 g/mol. The monoisotopic (exact) mass is 377 g/mol. The quantitative estimate of drug-likeness (QED) is 0.513. The molecule has 1 aromatic rings. The van der Waals surface area contributed by atoms with Crippen molar-refractivity contribution in [3.63, 3.8) is 0 Å². The molecule has 0 aliphatic carbocycles. The molecule has 1 aromatic carbocycles. The minimum absolute atomic E-state index is 0.0110. The second-order valence-electron chi connectivity index (χ2n) is 5.95. The highest BCUT2D eigenvalue weighted by Gasteiger charge is 2.32. The number of anilines is 1. The van der Waals surface area contributed by atoms with E-state index in [2.05, 4.69) is 5.32 Å². The van der Waals surface area contributed by atoms with Gasteiger partial charge in [-0.3, -0.25) is 19.3 Å². The first kappa shape index (κ1) is 20.2. The third kappa shape index (κ3) is 5.98. The zero-order valence-electron chi connectivity index (χ0n) is 15.4. The lowest BCUT2D eigenvalue weighted by molar-refractivity contribution is -0.147. The number of nitrogens with one attached hydrogen (secondary N) is 1. The fourth-order valence-corrected chi connectivity index (χ4v) is 2.49. The fraction of sp³-hybridized carbons (Fsp3) is 0.444. The van der Waals surface area contributed by atoms with Crippen molar-refractivity contribution in [1.82, 2.24) is 9.80 Å². The maximum Gasteiger partial charge on any atom is 0.326 e. The van der Waals surface area contributed by atoms with Gasteiger partial charge in [0.05, 0.1) is 6.61 Å². The van der Waals surface area contributed by atoms with Gasteiger partial charge in [0, 0.05) is 25.7 Å². The lowest BCUT2D eigenvalue weighted by Gasteiger charge is -2.13. The van der Waals surface area contributed by atoms with E-state index >= 15 is 0 Å². The first-order chi connectivity index (χ1) is 12.9. The highest BCUT2D eigenvalue weighted by Crippen LogP contribution is 2.15. The summed E-state index contributed by atoms with van der Waals surface area (Å²) in [5.74, 6) is -0.614. The molecule has 146 valence electrons. The number of nitrogens with zero attached hydrogens (tertiary/aromatic N) is 2. The van der Waals surface area contributed by atoms with Gasteiger partial charge >= 0.3 is 12.0 Å². The van der Waals surface area contributed by atoms with E-state index in [-0.39, 0.29) is 37.9 Å². The molecule has 1 aliphatic rings. The van der Waals surface area contributed by atoms with Crippen molar-refractivity contribution in [3.05, 3.63) is 24.3 Å². The Morgan fingerprint density at radius 1 is 1.19 bits per heavy atom. The zero-order valence-corrected chi connectivity index (χ0v) is 15.4. The number of urea groups is 1. The predicted octanol–water partition coefficient (Wildman–Crippen LogP) is 1.24. The largest absolute Gasteiger partial charge is 0.494 e. The Balaban J connectivity index is 1.65. The molecule has 0 saturated carbocycles. The molecule has 0 unspecified atom stereocenters. The molecule has 4 amide bonds. The molecule has 0 aromatic heterocycles. The van der Waals surface area contributed by atoms with Gasteiger partial charge in [-0.25, -0.2) is 4.79 Å². The van der Waals surface area contributed by atoms with Gasteiger partial charge in [0.1, 0.15) is 12.3 Å². The Morgan fingerprint density at radius 3 is 2.48 bits per heavy atom. The van der Waals surface area contributed by atoms with Crippen molar-refractivity contribution in [3.8, 4) is 5.75 Å². The van der Waals surface area contributed by atoms with Gasteiger partial charge in [-0.2, -0.15) is 0 Å². The number of imide groups is 1. The highest BCUT2D eigenvalue weighted by atomic mass is 16.5. The number of likely N-dealkylation sites (N-methyl/N-ethyl adjacent to an activating group) is 1. The van der Waals surface area contributed by atoms with E-state index in [9.17, 15) is 19.2 Å². The van der Waals surface area contributed by atoms with E-state index in [0.29, 0.717) is 18.0 Å². The summed E-state index contributed by atoms with van der Waals surface area (Å²) in [4.78, 5) is 49.2. The predicted molar refractivity (Wildman–Crippen MR) is 96.2 cm³/mol. The van der Waals surface area contributed by atoms with E-state index in [1.807, 2.05) is 6.92 Å². The number of carbonyl (C=O) groups is 4. The third-order valence-corrected chi connectivity index (χ3v) is 3.81. The Hall–Kier alpha value is -3.10. The average Bonchev–Trinajstić information content (AvgIpc) is 2.88. The molecule has 9 nitrogen and oxygen atoms in total. The first-order valence-electron chi connectivity index (χ1n) is 8.64. The van der Waals surface area contributed by atoms with Crippen LogP contribution >= 0.6 is 0 Å². The van der Waals surface area contributed by atoms with E-state index in [0.717, 1.165) is 4.90 Å². The van der Waals surface area contributed by atoms with Crippen LogP contribution in [0.3, 0.4) is 0 Å². The molecule has 1 N–H and O–H groups in total. The summed E-state index contributed by atoms with van der Waals surface area (Å²) >= 11 is 0. The van der Waals surface area contributed by atoms with E-state index in [1.54, 1.807) is 24.3 Å². The van der Waals surface area contributed by atoms with Crippen LogP contribution in [-0.2, 0) is 19.1 Å². The number of carbonyl (C=O) groups excluding carboxylic acids is 4. The number of ether oxygens (including phenoxy) is 2. The molecule has 1 fully saturated rings. The van der Waals surface area contributed by atoms with E-state index in [1.165, 1.54) is 11.9 Å². The van der Waals surface area contributed by atoms with Crippen molar-refractivity contribution >= 4 is 29.5 Å². The Kier molecular flexibility index (Phi) is 7.16. The van der Waals surface area contributed by atoms with Crippen LogP contribution in [0, 0.1) is 0 Å². The van der Waals surface area contributed by atoms with Gasteiger partial charge in [0.2, 0.25) is 5.91 Å². The number of hydrogen-bond donors (Lipinski definition) is 1. The summed E-state index contributed by atoms with van der Waals surface area (Å²) in [6.07, 6.45) is 0.293. The Bertz CT molecular complexity index is 704. The molecule has 27 heavy (non-hydrogen) atoms. The van der Waals surface area contributed by atoms with Crippen LogP contribution in [0.4, 0.5) is 10.5 Å². The van der Waals surface area contributed by atoms with Gasteiger partial charge in [-0.05, 0) is 37.6 Å². The Labute approximate surface area is 157 Å². The molecule has 1 heterocycles. The third-order valence-electron chi connectivity index (χ3n) is 3.81. The first-order valence-corrected chi connectivity index (χ1v) is 8.64. The molecular weight excluding hydrogens is 354 g/mol. The van der Waals surface area contributed by atoms with Crippen LogP contribution < -0.4 is 10.1 Å². The van der Waals surface area contributed by atoms with Crippen LogP contribution in [0.15, 0.2) is 24.3 Å². The van der Waals surface area contributed by atoms with Crippen molar-refractivity contribution in [1.29, 1.82) is 0 Å². The van der Waals surface area contributed by atoms with Crippen LogP contribution in [0.5, 0.6) is 5.75 Å². The minimum Gasteiger partial charge on any atom is -0.494 e. The summed E-state index contributed by atoms with van der Waals surface area (Å²) in [7, 11) is 1.54. The van der Waals surface area contributed by atoms with Gasteiger partial charge in [0.25, 0.3) is 5.91 Å². The molecule has 0 radical (unpaired) electrons. The van der Waals surface area contributed by atoms with Gasteiger partial charge in [-0.1, -0.05) is 0 Å². The van der Waals surface area contributed by atoms with Crippen LogP contribution in [-0.4, -0.2) is 67.0 Å². The van der Waals surface area contributed by atoms with Crippen LogP contribution in [0.2, 0.25) is 0 Å². The van der Waals surface area contributed by atoms with Crippen LogP contribution in [0.25, 0.3) is 0 Å². The number of amides is 4. The standard InChI is InChI=1S/C18H23N3O6/c1-3-26-14-8-6-13(7-9-14)19-15(22)12-27-17(24)5-4-10-21-16(23)11-20(2)18(21)25/h6-9H,3-5,10-12H2,1-2H3,(H,19,22). The number of esters is 1. The molecule has 0 bridgehead atoms. The second kappa shape index (κ2) is 9.56. The Morgan fingerprint density at radius 2 is 1.89 bits per heavy atom. The molecular formula is C18H23N3O6. The number of rotatable bonds is 9. The maximum atomic E-state index is 11.8. The summed E-state index contributed by atoms with van der Waals surface area (Å²) in [5, 5.41) is 2.61. The molecule has 0 atom stereocenters. The number of benzene rings is 1. The van der Waals surface area contributed by atoms with Gasteiger partial charge < -0.3 is 19.7 Å². The SMILES string of the molecule is CCOc1ccc(NC(=O)COC(=O)CCCN2C(=O)CN(C)C2=O)cc1. The lowest BCUT2D eigenvalue weighted by Crippen LogP contribution is -2.32. The van der Waals surface area contributed by atoms with Gasteiger partial charge in [0.15, 0.2) is 6.61 Å². The van der Waals surface area contributed by atoms with Crippen molar-refractivity contribution in [2.24, 2.45) is 0 Å². The van der Waals surface area contributed by atoms with Crippen molar-refractivity contribution in [2.45, 2.75) is 19.8 Å². The minimum atomic E-state index is -0.565. The molecule has 9 heteroatoms. The fourth-order valence-electron chi connectivity index (χ4n) is 2.49. The molecule has 1 saturated heterocycles. The maximum absolute atomic E-state index is 11.8. The summed E-state index contributed by atoms with van der Waals surface area (Å²) < 4.78 is 10.2. The van der Waals surface area contributed by atoms with Gasteiger partial charge in [-0.15, -0.1) is 0 Å². The molecule has 0 spiro atoms.